The standard InChI is InChI=1S/C8H8F3N3O2/c9-8(10,11)4-1-5(12)7(13-2-4)14-3-6(15)16/h1-2H,3,12H2,(H,13,14)(H,15,16). The Bertz CT molecular complexity index is 406. The first-order chi connectivity index (χ1) is 7.30. The topological polar surface area (TPSA) is 88.2 Å². The van der Waals surface area contributed by atoms with Gasteiger partial charge in [-0.2, -0.15) is 13.2 Å². The van der Waals surface area contributed by atoms with Crippen molar-refractivity contribution in [2.45, 2.75) is 6.18 Å². The van der Waals surface area contributed by atoms with Gasteiger partial charge in [-0.05, 0) is 6.07 Å². The van der Waals surface area contributed by atoms with Crippen molar-refractivity contribution in [1.29, 1.82) is 0 Å². The largest absolute Gasteiger partial charge is 0.480 e. The summed E-state index contributed by atoms with van der Waals surface area (Å²) in [6, 6.07) is 0.692. The van der Waals surface area contributed by atoms with Crippen LogP contribution in [0.2, 0.25) is 0 Å². The minimum absolute atomic E-state index is 0.0876. The molecule has 4 N–H and O–H groups in total. The van der Waals surface area contributed by atoms with Crippen LogP contribution < -0.4 is 11.1 Å². The Kier molecular flexibility index (Phi) is 3.21. The second-order valence-corrected chi connectivity index (χ2v) is 2.91. The van der Waals surface area contributed by atoms with Gasteiger partial charge in [0, 0.05) is 6.20 Å². The van der Waals surface area contributed by atoms with E-state index in [1.807, 2.05) is 0 Å². The van der Waals surface area contributed by atoms with Gasteiger partial charge in [-0.25, -0.2) is 4.98 Å². The molecule has 0 amide bonds. The van der Waals surface area contributed by atoms with Crippen molar-refractivity contribution in [2.24, 2.45) is 0 Å². The molecule has 1 heterocycles. The number of pyridine rings is 1. The molecule has 88 valence electrons. The summed E-state index contributed by atoms with van der Waals surface area (Å²) in [4.78, 5) is 13.6. The zero-order valence-corrected chi connectivity index (χ0v) is 7.88. The average molecular weight is 235 g/mol. The summed E-state index contributed by atoms with van der Waals surface area (Å²) in [6.45, 7) is -0.470. The minimum Gasteiger partial charge on any atom is -0.480 e. The van der Waals surface area contributed by atoms with Crippen molar-refractivity contribution >= 4 is 17.5 Å². The van der Waals surface area contributed by atoms with Crippen LogP contribution in [0.1, 0.15) is 5.56 Å². The number of hydrogen-bond donors (Lipinski definition) is 3. The minimum atomic E-state index is -4.52. The highest BCUT2D eigenvalue weighted by atomic mass is 19.4. The van der Waals surface area contributed by atoms with E-state index in [0.717, 1.165) is 0 Å². The Labute approximate surface area is 88.1 Å². The number of nitrogens with zero attached hydrogens (tertiary/aromatic N) is 1. The molecule has 0 aliphatic carbocycles. The van der Waals surface area contributed by atoms with Crippen molar-refractivity contribution in [2.75, 3.05) is 17.6 Å². The molecule has 0 aliphatic heterocycles. The fraction of sp³-hybridized carbons (Fsp3) is 0.250. The number of nitrogens with one attached hydrogen (secondary N) is 1. The van der Waals surface area contributed by atoms with Crippen LogP contribution in [-0.4, -0.2) is 22.6 Å². The molecular formula is C8H8F3N3O2. The SMILES string of the molecule is Nc1cc(C(F)(F)F)cnc1NCC(=O)O. The molecule has 5 nitrogen and oxygen atoms in total. The van der Waals surface area contributed by atoms with Gasteiger partial charge in [0.1, 0.15) is 12.4 Å². The highest BCUT2D eigenvalue weighted by Crippen LogP contribution is 2.31. The van der Waals surface area contributed by atoms with Gasteiger partial charge < -0.3 is 16.2 Å². The normalized spacial score (nSPS) is 11.2. The number of carboxylic acid groups (broad SMARTS) is 1. The molecule has 0 bridgehead atoms. The molecule has 0 aromatic carbocycles. The summed E-state index contributed by atoms with van der Waals surface area (Å²) in [5.74, 6) is -1.25. The van der Waals surface area contributed by atoms with Gasteiger partial charge in [-0.3, -0.25) is 4.79 Å². The lowest BCUT2D eigenvalue weighted by atomic mass is 10.2. The zero-order valence-electron chi connectivity index (χ0n) is 7.88. The Hall–Kier alpha value is -1.99. The van der Waals surface area contributed by atoms with E-state index in [1.54, 1.807) is 0 Å². The third kappa shape index (κ3) is 3.01. The van der Waals surface area contributed by atoms with E-state index in [2.05, 4.69) is 10.3 Å². The molecular weight excluding hydrogens is 227 g/mol. The number of aromatic nitrogens is 1. The molecule has 8 heteroatoms. The van der Waals surface area contributed by atoms with Crippen LogP contribution in [0.25, 0.3) is 0 Å². The van der Waals surface area contributed by atoms with E-state index >= 15 is 0 Å². The van der Waals surface area contributed by atoms with E-state index in [-0.39, 0.29) is 11.5 Å². The van der Waals surface area contributed by atoms with Crippen molar-refractivity contribution in [3.8, 4) is 0 Å². The lowest BCUT2D eigenvalue weighted by Crippen LogP contribution is -2.15. The number of nitrogens with two attached hydrogens (primary N) is 1. The van der Waals surface area contributed by atoms with Crippen LogP contribution in [0.15, 0.2) is 12.3 Å². The van der Waals surface area contributed by atoms with Crippen LogP contribution in [0.4, 0.5) is 24.7 Å². The predicted molar refractivity (Wildman–Crippen MR) is 49.8 cm³/mol. The highest BCUT2D eigenvalue weighted by Gasteiger charge is 2.31. The maximum atomic E-state index is 12.2. The van der Waals surface area contributed by atoms with E-state index in [9.17, 15) is 18.0 Å². The molecule has 16 heavy (non-hydrogen) atoms. The molecule has 0 saturated heterocycles. The molecule has 0 fully saturated rings. The molecule has 0 atom stereocenters. The number of nitrogen functional groups attached to an aromatic ring is 1. The number of carboxylic acids is 1. The van der Waals surface area contributed by atoms with Crippen LogP contribution in [-0.2, 0) is 11.0 Å². The van der Waals surface area contributed by atoms with Crippen LogP contribution in [0, 0.1) is 0 Å². The number of anilines is 2. The first-order valence-electron chi connectivity index (χ1n) is 4.09. The van der Waals surface area contributed by atoms with Crippen molar-refractivity contribution in [1.82, 2.24) is 4.98 Å². The lowest BCUT2D eigenvalue weighted by molar-refractivity contribution is -0.138. The monoisotopic (exact) mass is 235 g/mol. The van der Waals surface area contributed by atoms with Gasteiger partial charge in [-0.1, -0.05) is 0 Å². The molecule has 1 rings (SSSR count). The second-order valence-electron chi connectivity index (χ2n) is 2.91. The van der Waals surface area contributed by atoms with E-state index in [1.165, 1.54) is 0 Å². The summed E-state index contributed by atoms with van der Waals surface area (Å²) < 4.78 is 36.6. The summed E-state index contributed by atoms with van der Waals surface area (Å²) in [6.07, 6.45) is -3.94. The summed E-state index contributed by atoms with van der Waals surface area (Å²) in [5.41, 5.74) is 4.05. The first kappa shape index (κ1) is 12.1. The first-order valence-corrected chi connectivity index (χ1v) is 4.09. The van der Waals surface area contributed by atoms with Gasteiger partial charge in [0.25, 0.3) is 0 Å². The smallest absolute Gasteiger partial charge is 0.417 e. The molecule has 1 aromatic heterocycles. The summed E-state index contributed by atoms with van der Waals surface area (Å²) in [5, 5.41) is 10.6. The van der Waals surface area contributed by atoms with E-state index < -0.39 is 24.3 Å². The molecule has 0 aliphatic rings. The van der Waals surface area contributed by atoms with Crippen molar-refractivity contribution in [3.05, 3.63) is 17.8 Å². The Morgan fingerprint density at radius 1 is 1.56 bits per heavy atom. The molecule has 0 saturated carbocycles. The van der Waals surface area contributed by atoms with Crippen LogP contribution in [0.5, 0.6) is 0 Å². The number of carbonyl (C=O) groups is 1. The van der Waals surface area contributed by atoms with Gasteiger partial charge in [-0.15, -0.1) is 0 Å². The third-order valence-electron chi connectivity index (χ3n) is 1.65. The second kappa shape index (κ2) is 4.25. The molecule has 0 spiro atoms. The number of hydrogen-bond acceptors (Lipinski definition) is 4. The van der Waals surface area contributed by atoms with Crippen LogP contribution in [0.3, 0.4) is 0 Å². The molecule has 0 radical (unpaired) electrons. The van der Waals surface area contributed by atoms with E-state index in [4.69, 9.17) is 10.8 Å². The predicted octanol–water partition coefficient (Wildman–Crippen LogP) is 1.18. The average Bonchev–Trinajstić information content (AvgIpc) is 2.14. The van der Waals surface area contributed by atoms with Crippen molar-refractivity contribution in [3.63, 3.8) is 0 Å². The zero-order chi connectivity index (χ0) is 12.3. The molecule has 1 aromatic rings. The van der Waals surface area contributed by atoms with Gasteiger partial charge >= 0.3 is 12.1 Å². The fourth-order valence-corrected chi connectivity index (χ4v) is 0.944. The van der Waals surface area contributed by atoms with Gasteiger partial charge in [0.05, 0.1) is 11.3 Å². The Morgan fingerprint density at radius 3 is 2.62 bits per heavy atom. The van der Waals surface area contributed by atoms with Gasteiger partial charge in [0.15, 0.2) is 0 Å². The Morgan fingerprint density at radius 2 is 2.19 bits per heavy atom. The maximum absolute atomic E-state index is 12.2. The number of halogens is 3. The molecule has 0 unspecified atom stereocenters. The number of aliphatic carboxylic acids is 1. The summed E-state index contributed by atoms with van der Waals surface area (Å²) in [7, 11) is 0. The lowest BCUT2D eigenvalue weighted by Gasteiger charge is -2.10. The van der Waals surface area contributed by atoms with E-state index in [0.29, 0.717) is 12.3 Å². The maximum Gasteiger partial charge on any atom is 0.417 e. The highest BCUT2D eigenvalue weighted by molar-refractivity contribution is 5.74. The fourth-order valence-electron chi connectivity index (χ4n) is 0.944. The summed E-state index contributed by atoms with van der Waals surface area (Å²) >= 11 is 0. The number of alkyl halides is 3. The Balaban J connectivity index is 2.88. The number of rotatable bonds is 3. The van der Waals surface area contributed by atoms with Gasteiger partial charge in [0.2, 0.25) is 0 Å². The third-order valence-corrected chi connectivity index (χ3v) is 1.65. The quantitative estimate of drug-likeness (QED) is 0.732. The van der Waals surface area contributed by atoms with Crippen LogP contribution >= 0.6 is 0 Å². The van der Waals surface area contributed by atoms with Crippen molar-refractivity contribution < 1.29 is 23.1 Å².